The van der Waals surface area contributed by atoms with E-state index in [2.05, 4.69) is 10.3 Å². The van der Waals surface area contributed by atoms with Crippen molar-refractivity contribution in [1.82, 2.24) is 10.3 Å². The van der Waals surface area contributed by atoms with Crippen molar-refractivity contribution in [2.45, 2.75) is 19.8 Å². The average molecular weight is 255 g/mol. The van der Waals surface area contributed by atoms with Gasteiger partial charge in [-0.15, -0.1) is 0 Å². The van der Waals surface area contributed by atoms with E-state index in [1.807, 2.05) is 6.92 Å². The summed E-state index contributed by atoms with van der Waals surface area (Å²) in [5.41, 5.74) is 0.178. The van der Waals surface area contributed by atoms with Crippen LogP contribution in [0.4, 0.5) is 5.82 Å². The summed E-state index contributed by atoms with van der Waals surface area (Å²) >= 11 is 0. The van der Waals surface area contributed by atoms with Gasteiger partial charge in [0.1, 0.15) is 0 Å². The number of hydrogen-bond donors (Lipinski definition) is 3. The number of rotatable bonds is 7. The second kappa shape index (κ2) is 6.75. The molecule has 0 bridgehead atoms. The van der Waals surface area contributed by atoms with Crippen molar-refractivity contribution in [3.05, 3.63) is 27.9 Å². The Balaban J connectivity index is 2.34. The van der Waals surface area contributed by atoms with Gasteiger partial charge in [-0.25, -0.2) is 4.98 Å². The molecule has 0 saturated heterocycles. The number of nitrogens with zero attached hydrogens (tertiary/aromatic N) is 1. The number of aromatic amines is 1. The van der Waals surface area contributed by atoms with Gasteiger partial charge in [0.05, 0.1) is 0 Å². The van der Waals surface area contributed by atoms with Crippen LogP contribution in [0.2, 0.25) is 0 Å². The van der Waals surface area contributed by atoms with E-state index in [9.17, 15) is 14.9 Å². The summed E-state index contributed by atoms with van der Waals surface area (Å²) in [6, 6.07) is 2.63. The number of carbonyl (C=O) groups excluding carboxylic acids is 1. The topological polar surface area (TPSA) is 108 Å². The number of aromatic nitrogens is 1. The van der Waals surface area contributed by atoms with Gasteiger partial charge in [0.2, 0.25) is 0 Å². The summed E-state index contributed by atoms with van der Waals surface area (Å²) in [6.07, 6.45) is 1.58. The largest absolute Gasteiger partial charge is 0.396 e. The fraction of sp³-hybridized carbons (Fsp3) is 0.545. The number of hydrogen-bond acceptors (Lipinski definition) is 4. The van der Waals surface area contributed by atoms with E-state index < -0.39 is 4.92 Å². The number of aliphatic hydroxyl groups is 1. The molecule has 18 heavy (non-hydrogen) atoms. The highest BCUT2D eigenvalue weighted by molar-refractivity contribution is 5.92. The zero-order valence-electron chi connectivity index (χ0n) is 10.2. The minimum absolute atomic E-state index is 0.136. The number of aliphatic hydroxyl groups excluding tert-OH is 1. The summed E-state index contributed by atoms with van der Waals surface area (Å²) < 4.78 is 0. The number of amides is 1. The molecule has 1 unspecified atom stereocenters. The smallest absolute Gasteiger partial charge is 0.321 e. The summed E-state index contributed by atoms with van der Waals surface area (Å²) in [6.45, 7) is 2.54. The van der Waals surface area contributed by atoms with E-state index in [-0.39, 0.29) is 29.9 Å². The lowest BCUT2D eigenvalue weighted by Crippen LogP contribution is -2.25. The highest BCUT2D eigenvalue weighted by Crippen LogP contribution is 2.09. The van der Waals surface area contributed by atoms with Crippen LogP contribution < -0.4 is 5.32 Å². The molecule has 0 aliphatic rings. The monoisotopic (exact) mass is 255 g/mol. The third-order valence-corrected chi connectivity index (χ3v) is 2.58. The first-order valence-corrected chi connectivity index (χ1v) is 5.77. The van der Waals surface area contributed by atoms with Crippen LogP contribution in [0.3, 0.4) is 0 Å². The quantitative estimate of drug-likeness (QED) is 0.384. The summed E-state index contributed by atoms with van der Waals surface area (Å²) in [7, 11) is 0. The zero-order chi connectivity index (χ0) is 13.5. The second-order valence-electron chi connectivity index (χ2n) is 4.20. The molecule has 7 heteroatoms. The maximum absolute atomic E-state index is 11.6. The van der Waals surface area contributed by atoms with Crippen LogP contribution >= 0.6 is 0 Å². The Hall–Kier alpha value is -1.89. The van der Waals surface area contributed by atoms with Gasteiger partial charge < -0.3 is 20.5 Å². The lowest BCUT2D eigenvalue weighted by molar-refractivity contribution is -0.389. The minimum Gasteiger partial charge on any atom is -0.396 e. The molecule has 0 spiro atoms. The van der Waals surface area contributed by atoms with Gasteiger partial charge in [-0.1, -0.05) is 6.92 Å². The van der Waals surface area contributed by atoms with Crippen molar-refractivity contribution in [3.8, 4) is 0 Å². The molecule has 0 radical (unpaired) electrons. The molecular weight excluding hydrogens is 238 g/mol. The zero-order valence-corrected chi connectivity index (χ0v) is 10.2. The Bertz CT molecular complexity index is 416. The minimum atomic E-state index is -0.584. The Morgan fingerprint density at radius 1 is 1.61 bits per heavy atom. The molecule has 1 atom stereocenters. The van der Waals surface area contributed by atoms with Crippen LogP contribution in [-0.2, 0) is 0 Å². The van der Waals surface area contributed by atoms with Crippen LogP contribution in [0.1, 0.15) is 30.3 Å². The fourth-order valence-corrected chi connectivity index (χ4v) is 1.46. The maximum Gasteiger partial charge on any atom is 0.321 e. The molecule has 100 valence electrons. The molecule has 1 heterocycles. The van der Waals surface area contributed by atoms with Crippen molar-refractivity contribution in [2.24, 2.45) is 5.92 Å². The molecule has 0 aliphatic heterocycles. The van der Waals surface area contributed by atoms with Crippen LogP contribution in [-0.4, -0.2) is 34.1 Å². The fourth-order valence-electron chi connectivity index (χ4n) is 1.46. The Morgan fingerprint density at radius 2 is 2.33 bits per heavy atom. The number of carbonyl (C=O) groups is 1. The van der Waals surface area contributed by atoms with Gasteiger partial charge in [0.15, 0.2) is 5.69 Å². The predicted octanol–water partition coefficient (Wildman–Crippen LogP) is 1.06. The van der Waals surface area contributed by atoms with Crippen molar-refractivity contribution in [2.75, 3.05) is 13.2 Å². The summed E-state index contributed by atoms with van der Waals surface area (Å²) in [5, 5.41) is 21.9. The van der Waals surface area contributed by atoms with Crippen LogP contribution in [0.15, 0.2) is 12.1 Å². The first-order chi connectivity index (χ1) is 8.54. The summed E-state index contributed by atoms with van der Waals surface area (Å²) in [5.74, 6) is -0.345. The molecule has 0 saturated carbocycles. The Labute approximate surface area is 104 Å². The van der Waals surface area contributed by atoms with Crippen molar-refractivity contribution >= 4 is 11.7 Å². The van der Waals surface area contributed by atoms with Crippen molar-refractivity contribution in [3.63, 3.8) is 0 Å². The number of nitrogens with one attached hydrogen (secondary N) is 2. The average Bonchev–Trinajstić information content (AvgIpc) is 2.83. The standard InChI is InChI=1S/C11H17N3O4/c1-8(7-15)3-2-6-12-11(16)9-4-5-10(13-9)14(17)18/h4-5,8,13,15H,2-3,6-7H2,1H3,(H,12,16). The highest BCUT2D eigenvalue weighted by atomic mass is 16.6. The van der Waals surface area contributed by atoms with Gasteiger partial charge in [0, 0.05) is 19.2 Å². The van der Waals surface area contributed by atoms with Crippen molar-refractivity contribution < 1.29 is 14.8 Å². The summed E-state index contributed by atoms with van der Waals surface area (Å²) in [4.78, 5) is 23.8. The number of H-pyrrole nitrogens is 1. The predicted molar refractivity (Wildman–Crippen MR) is 65.3 cm³/mol. The third kappa shape index (κ3) is 4.17. The highest BCUT2D eigenvalue weighted by Gasteiger charge is 2.14. The van der Waals surface area contributed by atoms with Crippen LogP contribution in [0, 0.1) is 16.0 Å². The molecule has 1 aromatic rings. The molecule has 0 fully saturated rings. The lowest BCUT2D eigenvalue weighted by atomic mass is 10.1. The van der Waals surface area contributed by atoms with Crippen LogP contribution in [0.25, 0.3) is 0 Å². The molecule has 0 aromatic carbocycles. The van der Waals surface area contributed by atoms with E-state index >= 15 is 0 Å². The first kappa shape index (κ1) is 14.2. The number of nitro groups is 1. The van der Waals surface area contributed by atoms with Gasteiger partial charge in [0.25, 0.3) is 5.91 Å². The molecule has 1 amide bonds. The first-order valence-electron chi connectivity index (χ1n) is 5.77. The molecule has 1 rings (SSSR count). The SMILES string of the molecule is CC(CO)CCCNC(=O)c1ccc([N+](=O)[O-])[nH]1. The molecule has 7 nitrogen and oxygen atoms in total. The normalized spacial score (nSPS) is 12.1. The van der Waals surface area contributed by atoms with Gasteiger partial charge >= 0.3 is 5.82 Å². The Morgan fingerprint density at radius 3 is 2.89 bits per heavy atom. The van der Waals surface area contributed by atoms with Gasteiger partial charge in [-0.2, -0.15) is 0 Å². The molecule has 0 aliphatic carbocycles. The third-order valence-electron chi connectivity index (χ3n) is 2.58. The van der Waals surface area contributed by atoms with Gasteiger partial charge in [-0.05, 0) is 29.7 Å². The molecule has 1 aromatic heterocycles. The van der Waals surface area contributed by atoms with Crippen LogP contribution in [0.5, 0.6) is 0 Å². The molecule has 3 N–H and O–H groups in total. The van der Waals surface area contributed by atoms with E-state index in [4.69, 9.17) is 5.11 Å². The van der Waals surface area contributed by atoms with E-state index in [1.165, 1.54) is 12.1 Å². The van der Waals surface area contributed by atoms with E-state index in [0.717, 1.165) is 12.8 Å². The maximum atomic E-state index is 11.6. The van der Waals surface area contributed by atoms with Gasteiger partial charge in [-0.3, -0.25) is 4.79 Å². The second-order valence-corrected chi connectivity index (χ2v) is 4.20. The van der Waals surface area contributed by atoms with E-state index in [1.54, 1.807) is 0 Å². The Kier molecular flexibility index (Phi) is 5.31. The van der Waals surface area contributed by atoms with E-state index in [0.29, 0.717) is 6.54 Å². The van der Waals surface area contributed by atoms with Crippen molar-refractivity contribution in [1.29, 1.82) is 0 Å². The molecular formula is C11H17N3O4. The lowest BCUT2D eigenvalue weighted by Gasteiger charge is -2.07.